The molecule has 0 fully saturated rings. The normalized spacial score (nSPS) is 18.6. The maximum absolute atomic E-state index is 13.0. The zero-order valence-electron chi connectivity index (χ0n) is 12.0. The quantitative estimate of drug-likeness (QED) is 0.909. The Morgan fingerprint density at radius 1 is 1.33 bits per heavy atom. The number of nitrogen functional groups attached to an aromatic ring is 1. The molecule has 0 amide bonds. The second-order valence-electron chi connectivity index (χ2n) is 5.52. The summed E-state index contributed by atoms with van der Waals surface area (Å²) in [7, 11) is -2.08. The lowest BCUT2D eigenvalue weighted by Gasteiger charge is -2.33. The fourth-order valence-corrected chi connectivity index (χ4v) is 4.66. The molecule has 0 bridgehead atoms. The monoisotopic (exact) mass is 306 g/mol. The van der Waals surface area contributed by atoms with E-state index < -0.39 is 10.0 Å². The van der Waals surface area contributed by atoms with Crippen LogP contribution in [0.2, 0.25) is 0 Å². The Hall–Kier alpha value is -2.02. The summed E-state index contributed by atoms with van der Waals surface area (Å²) < 4.78 is 28.9. The van der Waals surface area contributed by atoms with E-state index in [1.54, 1.807) is 7.05 Å². The van der Waals surface area contributed by atoms with Crippen molar-refractivity contribution in [3.8, 4) is 0 Å². The summed E-state index contributed by atoms with van der Waals surface area (Å²) in [5.41, 5.74) is 7.53. The SMILES string of the molecule is CC1Cc2ccccc2N(S(=O)(=O)c2c(N)ncn2C)C1. The number of anilines is 2. The fourth-order valence-electron chi connectivity index (χ4n) is 2.83. The number of fused-ring (bicyclic) bond motifs is 1. The van der Waals surface area contributed by atoms with Crippen molar-refractivity contribution < 1.29 is 8.42 Å². The summed E-state index contributed by atoms with van der Waals surface area (Å²) in [5, 5.41) is 0.0476. The molecule has 1 aliphatic heterocycles. The molecule has 2 N–H and O–H groups in total. The average Bonchev–Trinajstić information content (AvgIpc) is 2.77. The van der Waals surface area contributed by atoms with Crippen LogP contribution in [0, 0.1) is 5.92 Å². The van der Waals surface area contributed by atoms with Gasteiger partial charge in [-0.15, -0.1) is 0 Å². The highest BCUT2D eigenvalue weighted by Crippen LogP contribution is 2.34. The molecule has 112 valence electrons. The van der Waals surface area contributed by atoms with Crippen LogP contribution in [0.4, 0.5) is 11.5 Å². The molecule has 0 aliphatic carbocycles. The minimum Gasteiger partial charge on any atom is -0.381 e. The highest BCUT2D eigenvalue weighted by Gasteiger charge is 2.34. The molecule has 0 spiro atoms. The van der Waals surface area contributed by atoms with Crippen LogP contribution in [-0.4, -0.2) is 24.5 Å². The second-order valence-corrected chi connectivity index (χ2v) is 7.30. The number of para-hydroxylation sites is 1. The number of nitrogens with zero attached hydrogens (tertiary/aromatic N) is 3. The molecule has 1 atom stereocenters. The van der Waals surface area contributed by atoms with Crippen molar-refractivity contribution in [3.63, 3.8) is 0 Å². The van der Waals surface area contributed by atoms with Crippen molar-refractivity contribution in [2.45, 2.75) is 18.4 Å². The second kappa shape index (κ2) is 4.77. The lowest BCUT2D eigenvalue weighted by Crippen LogP contribution is -2.40. The molecule has 2 aromatic rings. The maximum atomic E-state index is 13.0. The molecule has 0 radical (unpaired) electrons. The third kappa shape index (κ3) is 2.17. The summed E-state index contributed by atoms with van der Waals surface area (Å²) in [5.74, 6) is 0.289. The Bertz CT molecular complexity index is 763. The van der Waals surface area contributed by atoms with E-state index in [2.05, 4.69) is 4.98 Å². The predicted molar refractivity (Wildman–Crippen MR) is 81.5 cm³/mol. The predicted octanol–water partition coefficient (Wildman–Crippen LogP) is 1.39. The van der Waals surface area contributed by atoms with E-state index in [1.807, 2.05) is 31.2 Å². The van der Waals surface area contributed by atoms with E-state index in [-0.39, 0.29) is 16.8 Å². The topological polar surface area (TPSA) is 81.2 Å². The Morgan fingerprint density at radius 2 is 2.05 bits per heavy atom. The summed E-state index contributed by atoms with van der Waals surface area (Å²) in [6.45, 7) is 2.50. The van der Waals surface area contributed by atoms with Crippen LogP contribution in [0.1, 0.15) is 12.5 Å². The number of hydrogen-bond acceptors (Lipinski definition) is 4. The Balaban J connectivity index is 2.16. The van der Waals surface area contributed by atoms with Crippen molar-refractivity contribution in [2.24, 2.45) is 13.0 Å². The first-order chi connectivity index (χ1) is 9.91. The van der Waals surface area contributed by atoms with Gasteiger partial charge in [-0.2, -0.15) is 8.42 Å². The molecular formula is C14H18N4O2S. The van der Waals surface area contributed by atoms with E-state index in [9.17, 15) is 8.42 Å². The maximum Gasteiger partial charge on any atom is 0.283 e. The smallest absolute Gasteiger partial charge is 0.283 e. The van der Waals surface area contributed by atoms with E-state index in [0.29, 0.717) is 6.54 Å². The minimum atomic E-state index is -3.72. The van der Waals surface area contributed by atoms with Crippen LogP contribution in [0.25, 0.3) is 0 Å². The molecule has 1 aliphatic rings. The number of aryl methyl sites for hydroxylation is 1. The molecule has 1 unspecified atom stereocenters. The van der Waals surface area contributed by atoms with Crippen LogP contribution in [-0.2, 0) is 23.5 Å². The van der Waals surface area contributed by atoms with Gasteiger partial charge < -0.3 is 10.3 Å². The van der Waals surface area contributed by atoms with Crippen LogP contribution < -0.4 is 10.0 Å². The zero-order chi connectivity index (χ0) is 15.2. The lowest BCUT2D eigenvalue weighted by molar-refractivity contribution is 0.540. The van der Waals surface area contributed by atoms with E-state index in [4.69, 9.17) is 5.73 Å². The molecule has 6 nitrogen and oxygen atoms in total. The van der Waals surface area contributed by atoms with Gasteiger partial charge >= 0.3 is 0 Å². The Kier molecular flexibility index (Phi) is 3.16. The van der Waals surface area contributed by atoms with Crippen molar-refractivity contribution in [1.29, 1.82) is 0 Å². The van der Waals surface area contributed by atoms with Gasteiger partial charge in [0, 0.05) is 13.6 Å². The summed E-state index contributed by atoms with van der Waals surface area (Å²) in [6, 6.07) is 7.59. The lowest BCUT2D eigenvalue weighted by atomic mass is 9.96. The third-order valence-electron chi connectivity index (χ3n) is 3.75. The number of benzene rings is 1. The van der Waals surface area contributed by atoms with Crippen LogP contribution in [0.5, 0.6) is 0 Å². The number of nitrogens with two attached hydrogens (primary N) is 1. The average molecular weight is 306 g/mol. The molecule has 0 saturated heterocycles. The first-order valence-corrected chi connectivity index (χ1v) is 8.22. The van der Waals surface area contributed by atoms with Crippen LogP contribution in [0.3, 0.4) is 0 Å². The van der Waals surface area contributed by atoms with Gasteiger partial charge in [-0.3, -0.25) is 4.31 Å². The van der Waals surface area contributed by atoms with E-state index in [1.165, 1.54) is 15.2 Å². The highest BCUT2D eigenvalue weighted by atomic mass is 32.2. The summed E-state index contributed by atoms with van der Waals surface area (Å²) >= 11 is 0. The van der Waals surface area contributed by atoms with Crippen molar-refractivity contribution in [3.05, 3.63) is 36.2 Å². The highest BCUT2D eigenvalue weighted by molar-refractivity contribution is 7.92. The molecular weight excluding hydrogens is 288 g/mol. The van der Waals surface area contributed by atoms with E-state index >= 15 is 0 Å². The third-order valence-corrected chi connectivity index (χ3v) is 5.66. The largest absolute Gasteiger partial charge is 0.381 e. The number of imidazole rings is 1. The van der Waals surface area contributed by atoms with Crippen molar-refractivity contribution in [2.75, 3.05) is 16.6 Å². The molecule has 21 heavy (non-hydrogen) atoms. The van der Waals surface area contributed by atoms with Gasteiger partial charge in [0.1, 0.15) is 0 Å². The first kappa shape index (κ1) is 13.9. The number of sulfonamides is 1. The summed E-state index contributed by atoms with van der Waals surface area (Å²) in [6.07, 6.45) is 2.30. The van der Waals surface area contributed by atoms with Gasteiger partial charge in [0.2, 0.25) is 0 Å². The minimum absolute atomic E-state index is 0.0354. The molecule has 0 saturated carbocycles. The van der Waals surface area contributed by atoms with Gasteiger partial charge in [0.25, 0.3) is 10.0 Å². The first-order valence-electron chi connectivity index (χ1n) is 6.78. The van der Waals surface area contributed by atoms with Crippen LogP contribution >= 0.6 is 0 Å². The number of rotatable bonds is 2. The van der Waals surface area contributed by atoms with Gasteiger partial charge in [-0.05, 0) is 24.0 Å². The van der Waals surface area contributed by atoms with Crippen LogP contribution in [0.15, 0.2) is 35.6 Å². The Labute approximate surface area is 124 Å². The van der Waals surface area contributed by atoms with Crippen molar-refractivity contribution in [1.82, 2.24) is 9.55 Å². The number of hydrogen-bond donors (Lipinski definition) is 1. The zero-order valence-corrected chi connectivity index (χ0v) is 12.8. The standard InChI is InChI=1S/C14H18N4O2S/c1-10-7-11-5-3-4-6-12(11)18(8-10)21(19,20)14-13(15)16-9-17(14)2/h3-6,9-10H,7-8,15H2,1-2H3. The van der Waals surface area contributed by atoms with E-state index in [0.717, 1.165) is 17.7 Å². The molecule has 3 rings (SSSR count). The molecule has 7 heteroatoms. The fraction of sp³-hybridized carbons (Fsp3) is 0.357. The van der Waals surface area contributed by atoms with Gasteiger partial charge in [-0.1, -0.05) is 25.1 Å². The summed E-state index contributed by atoms with van der Waals surface area (Å²) in [4.78, 5) is 3.89. The van der Waals surface area contributed by atoms with Gasteiger partial charge in [0.05, 0.1) is 12.0 Å². The number of aromatic nitrogens is 2. The molecule has 1 aromatic heterocycles. The Morgan fingerprint density at radius 3 is 2.71 bits per heavy atom. The van der Waals surface area contributed by atoms with Gasteiger partial charge in [0.15, 0.2) is 10.8 Å². The van der Waals surface area contributed by atoms with Crippen molar-refractivity contribution >= 4 is 21.5 Å². The van der Waals surface area contributed by atoms with Gasteiger partial charge in [-0.25, -0.2) is 4.98 Å². The molecule has 1 aromatic carbocycles. The molecule has 2 heterocycles.